The van der Waals surface area contributed by atoms with Crippen molar-refractivity contribution >= 4 is 34.0 Å². The zero-order chi connectivity index (χ0) is 15.5. The molecular weight excluding hydrogens is 304 g/mol. The van der Waals surface area contributed by atoms with Crippen LogP contribution in [0.2, 0.25) is 5.15 Å². The first-order chi connectivity index (χ1) is 10.6. The second kappa shape index (κ2) is 5.95. The molecule has 110 valence electrons. The molecule has 1 aromatic carbocycles. The highest BCUT2D eigenvalue weighted by Gasteiger charge is 2.15. The minimum Gasteiger partial charge on any atom is -0.360 e. The largest absolute Gasteiger partial charge is 0.360 e. The summed E-state index contributed by atoms with van der Waals surface area (Å²) in [5.41, 5.74) is 1.77. The fourth-order valence-electron chi connectivity index (χ4n) is 2.13. The number of anilines is 1. The molecule has 0 amide bonds. The van der Waals surface area contributed by atoms with Crippen LogP contribution in [-0.4, -0.2) is 14.9 Å². The number of nitro groups is 1. The van der Waals surface area contributed by atoms with Crippen molar-refractivity contribution in [2.24, 2.45) is 0 Å². The highest BCUT2D eigenvalue weighted by Crippen LogP contribution is 2.24. The van der Waals surface area contributed by atoms with E-state index in [1.807, 2.05) is 30.3 Å². The predicted molar refractivity (Wildman–Crippen MR) is 85.0 cm³/mol. The molecule has 0 aliphatic carbocycles. The molecule has 22 heavy (non-hydrogen) atoms. The Kier molecular flexibility index (Phi) is 3.84. The number of benzene rings is 1. The molecule has 0 radical (unpaired) electrons. The summed E-state index contributed by atoms with van der Waals surface area (Å²) in [6.07, 6.45) is 1.74. The van der Waals surface area contributed by atoms with Crippen molar-refractivity contribution in [2.75, 3.05) is 5.32 Å². The van der Waals surface area contributed by atoms with Gasteiger partial charge in [-0.05, 0) is 29.8 Å². The summed E-state index contributed by atoms with van der Waals surface area (Å²) in [4.78, 5) is 18.7. The number of fused-ring (bicyclic) bond motifs is 1. The number of nitrogens with one attached hydrogen (secondary N) is 1. The van der Waals surface area contributed by atoms with Crippen LogP contribution in [-0.2, 0) is 6.54 Å². The molecule has 3 rings (SSSR count). The lowest BCUT2D eigenvalue weighted by Crippen LogP contribution is -2.04. The number of pyridine rings is 2. The number of hydrogen-bond acceptors (Lipinski definition) is 5. The molecule has 2 aromatic heterocycles. The van der Waals surface area contributed by atoms with E-state index in [1.165, 1.54) is 12.1 Å². The van der Waals surface area contributed by atoms with Crippen LogP contribution in [0.25, 0.3) is 10.9 Å². The average molecular weight is 315 g/mol. The maximum absolute atomic E-state index is 11.0. The maximum Gasteiger partial charge on any atom is 0.311 e. The summed E-state index contributed by atoms with van der Waals surface area (Å²) in [5.74, 6) is 0.156. The molecule has 0 aliphatic rings. The van der Waals surface area contributed by atoms with Gasteiger partial charge in [-0.15, -0.1) is 0 Å². The van der Waals surface area contributed by atoms with Crippen molar-refractivity contribution in [1.82, 2.24) is 9.97 Å². The highest BCUT2D eigenvalue weighted by atomic mass is 35.5. The Morgan fingerprint density at radius 3 is 2.91 bits per heavy atom. The molecule has 0 spiro atoms. The Balaban J connectivity index is 1.84. The molecule has 2 heterocycles. The number of rotatable bonds is 4. The zero-order valence-corrected chi connectivity index (χ0v) is 12.1. The van der Waals surface area contributed by atoms with Gasteiger partial charge in [0.1, 0.15) is 5.15 Å². The van der Waals surface area contributed by atoms with Gasteiger partial charge in [0.25, 0.3) is 0 Å². The van der Waals surface area contributed by atoms with Gasteiger partial charge in [-0.2, -0.15) is 0 Å². The molecule has 0 unspecified atom stereocenters. The first-order valence-corrected chi connectivity index (χ1v) is 6.90. The third kappa shape index (κ3) is 2.96. The van der Waals surface area contributed by atoms with Crippen LogP contribution in [0.5, 0.6) is 0 Å². The van der Waals surface area contributed by atoms with Gasteiger partial charge < -0.3 is 5.32 Å². The van der Waals surface area contributed by atoms with E-state index in [-0.39, 0.29) is 16.7 Å². The van der Waals surface area contributed by atoms with Crippen LogP contribution in [0.3, 0.4) is 0 Å². The molecule has 1 N–H and O–H groups in total. The molecule has 0 saturated carbocycles. The molecule has 3 aromatic rings. The smallest absolute Gasteiger partial charge is 0.311 e. The monoisotopic (exact) mass is 314 g/mol. The quantitative estimate of drug-likeness (QED) is 0.450. The van der Waals surface area contributed by atoms with Crippen LogP contribution in [0, 0.1) is 10.1 Å². The maximum atomic E-state index is 11.0. The van der Waals surface area contributed by atoms with Crippen molar-refractivity contribution in [2.45, 2.75) is 6.54 Å². The summed E-state index contributed by atoms with van der Waals surface area (Å²) in [7, 11) is 0. The zero-order valence-electron chi connectivity index (χ0n) is 11.4. The van der Waals surface area contributed by atoms with E-state index < -0.39 is 4.92 Å². The van der Waals surface area contributed by atoms with Crippen molar-refractivity contribution in [3.05, 3.63) is 69.5 Å². The first-order valence-electron chi connectivity index (χ1n) is 6.52. The van der Waals surface area contributed by atoms with Crippen molar-refractivity contribution in [3.63, 3.8) is 0 Å². The van der Waals surface area contributed by atoms with E-state index in [4.69, 9.17) is 11.6 Å². The fraction of sp³-hybridized carbons (Fsp3) is 0.0667. The van der Waals surface area contributed by atoms with Gasteiger partial charge >= 0.3 is 5.69 Å². The van der Waals surface area contributed by atoms with Crippen molar-refractivity contribution in [3.8, 4) is 0 Å². The molecule has 0 atom stereocenters. The minimum absolute atomic E-state index is 0.105. The fourth-order valence-corrected chi connectivity index (χ4v) is 2.27. The van der Waals surface area contributed by atoms with Gasteiger partial charge in [0, 0.05) is 24.2 Å². The van der Waals surface area contributed by atoms with Gasteiger partial charge in [-0.25, -0.2) is 4.98 Å². The Morgan fingerprint density at radius 2 is 2.09 bits per heavy atom. The van der Waals surface area contributed by atoms with E-state index in [0.29, 0.717) is 6.54 Å². The van der Waals surface area contributed by atoms with Gasteiger partial charge in [-0.1, -0.05) is 23.7 Å². The van der Waals surface area contributed by atoms with Crippen molar-refractivity contribution in [1.29, 1.82) is 0 Å². The Labute approximate surface area is 130 Å². The van der Waals surface area contributed by atoms with Gasteiger partial charge in [0.15, 0.2) is 0 Å². The summed E-state index contributed by atoms with van der Waals surface area (Å²) >= 11 is 5.80. The lowest BCUT2D eigenvalue weighted by molar-refractivity contribution is -0.384. The molecule has 0 aliphatic heterocycles. The van der Waals surface area contributed by atoms with E-state index in [1.54, 1.807) is 6.20 Å². The second-order valence-corrected chi connectivity index (χ2v) is 5.03. The van der Waals surface area contributed by atoms with E-state index in [0.717, 1.165) is 16.5 Å². The molecular formula is C15H11ClN4O2. The van der Waals surface area contributed by atoms with Crippen LogP contribution in [0.1, 0.15) is 5.56 Å². The minimum atomic E-state index is -0.490. The lowest BCUT2D eigenvalue weighted by Gasteiger charge is -2.07. The normalized spacial score (nSPS) is 10.6. The van der Waals surface area contributed by atoms with Crippen LogP contribution >= 0.6 is 11.6 Å². The standard InChI is InChI=1S/C15H11ClN4O2/c16-14-6-5-13(20(21)22)15(19-14)18-9-10-3-4-12-11(8-10)2-1-7-17-12/h1-8H,9H2,(H,18,19). The summed E-state index contributed by atoms with van der Waals surface area (Å²) < 4.78 is 0. The average Bonchev–Trinajstić information content (AvgIpc) is 2.52. The Hall–Kier alpha value is -2.73. The molecule has 7 heteroatoms. The first kappa shape index (κ1) is 14.2. The summed E-state index contributed by atoms with van der Waals surface area (Å²) in [6.45, 7) is 0.402. The Morgan fingerprint density at radius 1 is 1.23 bits per heavy atom. The molecule has 0 bridgehead atoms. The van der Waals surface area contributed by atoms with Crippen LogP contribution < -0.4 is 5.32 Å². The number of hydrogen-bond donors (Lipinski definition) is 1. The molecule has 6 nitrogen and oxygen atoms in total. The van der Waals surface area contributed by atoms with E-state index in [9.17, 15) is 10.1 Å². The summed E-state index contributed by atoms with van der Waals surface area (Å²) in [6, 6.07) is 12.4. The van der Waals surface area contributed by atoms with Gasteiger partial charge in [0.2, 0.25) is 5.82 Å². The van der Waals surface area contributed by atoms with Gasteiger partial charge in [0.05, 0.1) is 10.4 Å². The number of halogens is 1. The van der Waals surface area contributed by atoms with Gasteiger partial charge in [-0.3, -0.25) is 15.1 Å². The van der Waals surface area contributed by atoms with E-state index in [2.05, 4.69) is 15.3 Å². The second-order valence-electron chi connectivity index (χ2n) is 4.64. The number of nitrogens with zero attached hydrogens (tertiary/aromatic N) is 3. The topological polar surface area (TPSA) is 81.0 Å². The Bertz CT molecular complexity index is 854. The summed E-state index contributed by atoms with van der Waals surface area (Å²) in [5, 5.41) is 15.2. The van der Waals surface area contributed by atoms with Crippen LogP contribution in [0.15, 0.2) is 48.7 Å². The SMILES string of the molecule is O=[N+]([O-])c1ccc(Cl)nc1NCc1ccc2ncccc2c1. The van der Waals surface area contributed by atoms with Crippen LogP contribution in [0.4, 0.5) is 11.5 Å². The lowest BCUT2D eigenvalue weighted by atomic mass is 10.1. The van der Waals surface area contributed by atoms with Crippen molar-refractivity contribution < 1.29 is 4.92 Å². The third-order valence-corrected chi connectivity index (χ3v) is 3.37. The molecule has 0 fully saturated rings. The molecule has 0 saturated heterocycles. The predicted octanol–water partition coefficient (Wildman–Crippen LogP) is 3.80. The third-order valence-electron chi connectivity index (χ3n) is 3.16. The highest BCUT2D eigenvalue weighted by molar-refractivity contribution is 6.29. The number of aromatic nitrogens is 2. The van der Waals surface area contributed by atoms with E-state index >= 15 is 0 Å².